The lowest BCUT2D eigenvalue weighted by Crippen LogP contribution is -2.20. The summed E-state index contributed by atoms with van der Waals surface area (Å²) in [6, 6.07) is 0. The zero-order chi connectivity index (χ0) is 13.7. The molecule has 0 unspecified atom stereocenters. The third kappa shape index (κ3) is 3.40. The van der Waals surface area contributed by atoms with Crippen molar-refractivity contribution in [2.75, 3.05) is 26.4 Å². The van der Waals surface area contributed by atoms with Gasteiger partial charge >= 0.3 is 0 Å². The second-order valence-corrected chi connectivity index (χ2v) is 4.20. The first kappa shape index (κ1) is 13.7. The zero-order valence-corrected chi connectivity index (χ0v) is 10.8. The number of aromatic nitrogens is 3. The highest BCUT2D eigenvalue weighted by Gasteiger charge is 2.08. The van der Waals surface area contributed by atoms with Crippen LogP contribution >= 0.6 is 0 Å². The summed E-state index contributed by atoms with van der Waals surface area (Å²) in [5, 5.41) is 12.3. The SMILES string of the molecule is Cc1nc2[nH]cc(CNCCOCCO)c2c(=O)[nH]1. The minimum absolute atomic E-state index is 0.0306. The molecule has 7 nitrogen and oxygen atoms in total. The Balaban J connectivity index is 1.96. The lowest BCUT2D eigenvalue weighted by Gasteiger charge is -2.04. The quantitative estimate of drug-likeness (QED) is 0.513. The van der Waals surface area contributed by atoms with E-state index in [-0.39, 0.29) is 12.2 Å². The molecule has 0 bridgehead atoms. The number of aryl methyl sites for hydroxylation is 1. The molecule has 0 saturated heterocycles. The van der Waals surface area contributed by atoms with Crippen molar-refractivity contribution in [2.45, 2.75) is 13.5 Å². The van der Waals surface area contributed by atoms with E-state index in [1.54, 1.807) is 13.1 Å². The van der Waals surface area contributed by atoms with Crippen molar-refractivity contribution in [3.8, 4) is 0 Å². The van der Waals surface area contributed by atoms with Gasteiger partial charge in [-0.15, -0.1) is 0 Å². The van der Waals surface area contributed by atoms with Gasteiger partial charge in [-0.2, -0.15) is 0 Å². The predicted octanol–water partition coefficient (Wildman–Crippen LogP) is -0.342. The number of fused-ring (bicyclic) bond motifs is 1. The van der Waals surface area contributed by atoms with Crippen LogP contribution in [0.1, 0.15) is 11.4 Å². The van der Waals surface area contributed by atoms with Gasteiger partial charge in [0.2, 0.25) is 0 Å². The Morgan fingerprint density at radius 2 is 2.32 bits per heavy atom. The van der Waals surface area contributed by atoms with E-state index in [4.69, 9.17) is 9.84 Å². The Bertz CT molecular complexity index is 590. The van der Waals surface area contributed by atoms with Gasteiger partial charge in [0, 0.05) is 19.3 Å². The van der Waals surface area contributed by atoms with E-state index in [0.717, 1.165) is 5.56 Å². The number of nitrogens with one attached hydrogen (secondary N) is 3. The van der Waals surface area contributed by atoms with E-state index in [2.05, 4.69) is 20.3 Å². The third-order valence-electron chi connectivity index (χ3n) is 2.72. The fourth-order valence-electron chi connectivity index (χ4n) is 1.89. The molecule has 2 aromatic rings. The summed E-state index contributed by atoms with van der Waals surface area (Å²) in [5.41, 5.74) is 1.36. The highest BCUT2D eigenvalue weighted by Crippen LogP contribution is 2.11. The van der Waals surface area contributed by atoms with Crippen LogP contribution in [0, 0.1) is 6.92 Å². The van der Waals surface area contributed by atoms with E-state index in [0.29, 0.717) is 43.2 Å². The summed E-state index contributed by atoms with van der Waals surface area (Å²) in [6.45, 7) is 3.87. The molecule has 0 saturated carbocycles. The van der Waals surface area contributed by atoms with Crippen LogP contribution in [-0.2, 0) is 11.3 Å². The highest BCUT2D eigenvalue weighted by atomic mass is 16.5. The third-order valence-corrected chi connectivity index (χ3v) is 2.72. The Labute approximate surface area is 110 Å². The van der Waals surface area contributed by atoms with Crippen molar-refractivity contribution < 1.29 is 9.84 Å². The molecule has 104 valence electrons. The van der Waals surface area contributed by atoms with Crippen LogP contribution in [0.15, 0.2) is 11.0 Å². The number of ether oxygens (including phenoxy) is 1. The normalized spacial score (nSPS) is 11.3. The molecule has 4 N–H and O–H groups in total. The average molecular weight is 266 g/mol. The van der Waals surface area contributed by atoms with E-state index in [9.17, 15) is 4.79 Å². The maximum atomic E-state index is 11.9. The van der Waals surface area contributed by atoms with Gasteiger partial charge in [-0.1, -0.05) is 0 Å². The summed E-state index contributed by atoms with van der Waals surface area (Å²) in [7, 11) is 0. The van der Waals surface area contributed by atoms with Crippen LogP contribution in [0.4, 0.5) is 0 Å². The Morgan fingerprint density at radius 3 is 3.11 bits per heavy atom. The number of nitrogens with zero attached hydrogens (tertiary/aromatic N) is 1. The molecule has 0 radical (unpaired) electrons. The van der Waals surface area contributed by atoms with Gasteiger partial charge in [0.15, 0.2) is 0 Å². The number of aliphatic hydroxyl groups excluding tert-OH is 1. The van der Waals surface area contributed by atoms with E-state index in [1.165, 1.54) is 0 Å². The lowest BCUT2D eigenvalue weighted by atomic mass is 10.2. The molecular formula is C12H18N4O3. The molecule has 7 heteroatoms. The molecule has 19 heavy (non-hydrogen) atoms. The summed E-state index contributed by atoms with van der Waals surface area (Å²) in [5.74, 6) is 0.594. The molecule has 0 fully saturated rings. The van der Waals surface area contributed by atoms with Crippen LogP contribution < -0.4 is 10.9 Å². The van der Waals surface area contributed by atoms with E-state index >= 15 is 0 Å². The Hall–Kier alpha value is -1.70. The number of aromatic amines is 2. The summed E-state index contributed by atoms with van der Waals surface area (Å²) < 4.78 is 5.13. The number of aliphatic hydroxyl groups is 1. The Morgan fingerprint density at radius 1 is 1.47 bits per heavy atom. The topological polar surface area (TPSA) is 103 Å². The van der Waals surface area contributed by atoms with Crippen molar-refractivity contribution in [3.05, 3.63) is 27.9 Å². The molecule has 0 aliphatic rings. The second kappa shape index (κ2) is 6.46. The van der Waals surface area contributed by atoms with E-state index < -0.39 is 0 Å². The molecule has 0 spiro atoms. The second-order valence-electron chi connectivity index (χ2n) is 4.20. The van der Waals surface area contributed by atoms with Gasteiger partial charge in [-0.3, -0.25) is 4.79 Å². The van der Waals surface area contributed by atoms with Crippen LogP contribution in [0.25, 0.3) is 11.0 Å². The van der Waals surface area contributed by atoms with Crippen molar-refractivity contribution in [3.63, 3.8) is 0 Å². The fourth-order valence-corrected chi connectivity index (χ4v) is 1.89. The van der Waals surface area contributed by atoms with Gasteiger partial charge in [-0.05, 0) is 12.5 Å². The standard InChI is InChI=1S/C12H18N4O3/c1-8-15-11-10(12(18)16-8)9(7-14-11)6-13-2-4-19-5-3-17/h7,13,17H,2-6H2,1H3,(H2,14,15,16,18). The number of hydrogen-bond donors (Lipinski definition) is 4. The van der Waals surface area contributed by atoms with Crippen LogP contribution in [-0.4, -0.2) is 46.4 Å². The first-order chi connectivity index (χ1) is 9.22. The van der Waals surface area contributed by atoms with Crippen molar-refractivity contribution in [1.82, 2.24) is 20.3 Å². The molecule has 0 amide bonds. The largest absolute Gasteiger partial charge is 0.394 e. The Kier molecular flexibility index (Phi) is 4.67. The monoisotopic (exact) mass is 266 g/mol. The summed E-state index contributed by atoms with van der Waals surface area (Å²) >= 11 is 0. The van der Waals surface area contributed by atoms with Crippen LogP contribution in [0.5, 0.6) is 0 Å². The lowest BCUT2D eigenvalue weighted by molar-refractivity contribution is 0.0938. The highest BCUT2D eigenvalue weighted by molar-refractivity contribution is 5.78. The first-order valence-corrected chi connectivity index (χ1v) is 6.18. The molecule has 2 aromatic heterocycles. The first-order valence-electron chi connectivity index (χ1n) is 6.18. The van der Waals surface area contributed by atoms with Crippen molar-refractivity contribution in [1.29, 1.82) is 0 Å². The number of H-pyrrole nitrogens is 2. The van der Waals surface area contributed by atoms with Gasteiger partial charge in [-0.25, -0.2) is 4.98 Å². The van der Waals surface area contributed by atoms with Gasteiger partial charge < -0.3 is 25.1 Å². The van der Waals surface area contributed by atoms with Crippen LogP contribution in [0.2, 0.25) is 0 Å². The number of rotatable bonds is 7. The predicted molar refractivity (Wildman–Crippen MR) is 71.1 cm³/mol. The minimum atomic E-state index is -0.128. The summed E-state index contributed by atoms with van der Waals surface area (Å²) in [4.78, 5) is 21.8. The zero-order valence-electron chi connectivity index (χ0n) is 10.8. The maximum Gasteiger partial charge on any atom is 0.260 e. The minimum Gasteiger partial charge on any atom is -0.394 e. The van der Waals surface area contributed by atoms with Gasteiger partial charge in [0.05, 0.1) is 25.2 Å². The van der Waals surface area contributed by atoms with Gasteiger partial charge in [0.25, 0.3) is 5.56 Å². The maximum absolute atomic E-state index is 11.9. The van der Waals surface area contributed by atoms with Crippen LogP contribution in [0.3, 0.4) is 0 Å². The molecule has 0 aliphatic heterocycles. The van der Waals surface area contributed by atoms with E-state index in [1.807, 2.05) is 0 Å². The molecular weight excluding hydrogens is 248 g/mol. The number of hydrogen-bond acceptors (Lipinski definition) is 5. The summed E-state index contributed by atoms with van der Waals surface area (Å²) in [6.07, 6.45) is 1.79. The molecule has 0 aromatic carbocycles. The van der Waals surface area contributed by atoms with Gasteiger partial charge in [0.1, 0.15) is 11.5 Å². The smallest absolute Gasteiger partial charge is 0.260 e. The molecule has 0 atom stereocenters. The molecule has 0 aliphatic carbocycles. The molecule has 2 heterocycles. The van der Waals surface area contributed by atoms with Crippen molar-refractivity contribution >= 4 is 11.0 Å². The molecule has 2 rings (SSSR count). The average Bonchev–Trinajstić information content (AvgIpc) is 2.77. The fraction of sp³-hybridized carbons (Fsp3) is 0.500. The van der Waals surface area contributed by atoms with Crippen molar-refractivity contribution in [2.24, 2.45) is 0 Å².